The van der Waals surface area contributed by atoms with E-state index in [1.807, 2.05) is 51.5 Å². The van der Waals surface area contributed by atoms with Crippen LogP contribution in [0, 0.1) is 6.92 Å². The van der Waals surface area contributed by atoms with E-state index < -0.39 is 5.60 Å². The van der Waals surface area contributed by atoms with Crippen LogP contribution in [0.4, 0.5) is 22.2 Å². The molecule has 10 heteroatoms. The number of carbonyl (C=O) groups is 1. The second-order valence-corrected chi connectivity index (χ2v) is 11.5. The lowest BCUT2D eigenvalue weighted by molar-refractivity contribution is 0.0240. The Morgan fingerprint density at radius 3 is 2.44 bits per heavy atom. The van der Waals surface area contributed by atoms with E-state index in [1.165, 1.54) is 18.4 Å². The molecule has 1 saturated heterocycles. The highest BCUT2D eigenvalue weighted by Crippen LogP contribution is 2.38. The molecule has 0 aromatic carbocycles. The monoisotopic (exact) mass is 528 g/mol. The first kappa shape index (κ1) is 25.3. The Bertz CT molecular complexity index is 1490. The third kappa shape index (κ3) is 5.07. The molecule has 4 aromatic rings. The molecule has 2 aliphatic rings. The van der Waals surface area contributed by atoms with Crippen molar-refractivity contribution < 1.29 is 9.53 Å². The summed E-state index contributed by atoms with van der Waals surface area (Å²) >= 11 is 0. The van der Waals surface area contributed by atoms with Gasteiger partial charge in [-0.3, -0.25) is 4.98 Å². The number of amides is 1. The van der Waals surface area contributed by atoms with Crippen molar-refractivity contribution in [3.63, 3.8) is 0 Å². The predicted molar refractivity (Wildman–Crippen MR) is 153 cm³/mol. The van der Waals surface area contributed by atoms with Crippen LogP contribution < -0.4 is 10.2 Å². The molecule has 2 fully saturated rings. The van der Waals surface area contributed by atoms with Gasteiger partial charge in [-0.05, 0) is 58.7 Å². The Balaban J connectivity index is 1.18. The van der Waals surface area contributed by atoms with E-state index in [9.17, 15) is 4.79 Å². The SMILES string of the molecule is Cc1nccc2c3cnc(Nc4ccc(N5CCN(C(=O)OC(C)(C)C)CC5)cn4)nc3n(C3CCCC3)c12. The number of hydrogen-bond donors (Lipinski definition) is 1. The molecule has 1 aliphatic carbocycles. The van der Waals surface area contributed by atoms with Crippen LogP contribution in [0.25, 0.3) is 21.9 Å². The summed E-state index contributed by atoms with van der Waals surface area (Å²) in [4.78, 5) is 35.2. The van der Waals surface area contributed by atoms with Gasteiger partial charge in [0.1, 0.15) is 17.1 Å². The molecule has 1 amide bonds. The highest BCUT2D eigenvalue weighted by atomic mass is 16.6. The van der Waals surface area contributed by atoms with E-state index in [-0.39, 0.29) is 6.09 Å². The molecule has 39 heavy (non-hydrogen) atoms. The van der Waals surface area contributed by atoms with Crippen molar-refractivity contribution in [1.29, 1.82) is 0 Å². The zero-order valence-electron chi connectivity index (χ0n) is 23.1. The van der Waals surface area contributed by atoms with Gasteiger partial charge in [0.05, 0.1) is 23.1 Å². The Morgan fingerprint density at radius 2 is 1.74 bits per heavy atom. The quantitative estimate of drug-likeness (QED) is 0.365. The maximum atomic E-state index is 12.4. The van der Waals surface area contributed by atoms with Crippen molar-refractivity contribution in [3.8, 4) is 0 Å². The van der Waals surface area contributed by atoms with Gasteiger partial charge < -0.3 is 24.4 Å². The molecule has 0 atom stereocenters. The zero-order chi connectivity index (χ0) is 27.1. The molecule has 0 unspecified atom stereocenters. The minimum absolute atomic E-state index is 0.254. The minimum Gasteiger partial charge on any atom is -0.444 e. The standard InChI is InChI=1S/C29H36N8O2/c1-19-25-22(11-12-30-19)23-18-32-27(34-26(23)37(25)20-7-5-6-8-20)33-24-10-9-21(17-31-24)35-13-15-36(16-14-35)28(38)39-29(2,3)4/h9-12,17-18,20H,5-8,13-16H2,1-4H3,(H,31,32,33,34). The van der Waals surface area contributed by atoms with Gasteiger partial charge in [0.25, 0.3) is 0 Å². The molecular weight excluding hydrogens is 492 g/mol. The maximum absolute atomic E-state index is 12.4. The van der Waals surface area contributed by atoms with E-state index in [2.05, 4.69) is 42.7 Å². The number of piperazine rings is 1. The number of aromatic nitrogens is 5. The number of aryl methyl sites for hydroxylation is 1. The lowest BCUT2D eigenvalue weighted by Crippen LogP contribution is -2.50. The smallest absolute Gasteiger partial charge is 0.410 e. The van der Waals surface area contributed by atoms with Crippen LogP contribution in [0.1, 0.15) is 58.2 Å². The van der Waals surface area contributed by atoms with Gasteiger partial charge in [-0.15, -0.1) is 0 Å². The summed E-state index contributed by atoms with van der Waals surface area (Å²) in [6, 6.07) is 6.50. The first-order chi connectivity index (χ1) is 18.8. The van der Waals surface area contributed by atoms with Crippen molar-refractivity contribution in [1.82, 2.24) is 29.4 Å². The number of carbonyl (C=O) groups excluding carboxylic acids is 1. The molecule has 0 spiro atoms. The zero-order valence-corrected chi connectivity index (χ0v) is 23.1. The Hall–Kier alpha value is -3.95. The Kier molecular flexibility index (Phi) is 6.48. The molecule has 0 bridgehead atoms. The van der Waals surface area contributed by atoms with Crippen LogP contribution in [0.2, 0.25) is 0 Å². The summed E-state index contributed by atoms with van der Waals surface area (Å²) in [6.07, 6.45) is 10.2. The maximum Gasteiger partial charge on any atom is 0.410 e. The molecule has 1 saturated carbocycles. The third-order valence-corrected chi connectivity index (χ3v) is 7.61. The molecule has 6 rings (SSSR count). The van der Waals surface area contributed by atoms with E-state index in [1.54, 1.807) is 4.90 Å². The van der Waals surface area contributed by atoms with Crippen molar-refractivity contribution >= 4 is 45.5 Å². The summed E-state index contributed by atoms with van der Waals surface area (Å²) in [5.74, 6) is 1.22. The van der Waals surface area contributed by atoms with Gasteiger partial charge in [-0.25, -0.2) is 14.8 Å². The summed E-state index contributed by atoms with van der Waals surface area (Å²) in [7, 11) is 0. The fraction of sp³-hybridized carbons (Fsp3) is 0.483. The van der Waals surface area contributed by atoms with E-state index in [0.717, 1.165) is 53.7 Å². The lowest BCUT2D eigenvalue weighted by atomic mass is 10.2. The van der Waals surface area contributed by atoms with Gasteiger partial charge >= 0.3 is 6.09 Å². The van der Waals surface area contributed by atoms with E-state index in [0.29, 0.717) is 30.9 Å². The lowest BCUT2D eigenvalue weighted by Gasteiger charge is -2.36. The van der Waals surface area contributed by atoms with Crippen molar-refractivity contribution in [2.24, 2.45) is 0 Å². The molecule has 204 valence electrons. The third-order valence-electron chi connectivity index (χ3n) is 7.61. The number of pyridine rings is 2. The average Bonchev–Trinajstić information content (AvgIpc) is 3.55. The highest BCUT2D eigenvalue weighted by molar-refractivity contribution is 6.07. The number of nitrogens with one attached hydrogen (secondary N) is 1. The van der Waals surface area contributed by atoms with Crippen molar-refractivity contribution in [2.75, 3.05) is 36.4 Å². The Morgan fingerprint density at radius 1 is 0.974 bits per heavy atom. The molecule has 1 aliphatic heterocycles. The topological polar surface area (TPSA) is 101 Å². The number of anilines is 3. The van der Waals surface area contributed by atoms with Crippen LogP contribution in [0.5, 0.6) is 0 Å². The second-order valence-electron chi connectivity index (χ2n) is 11.5. The summed E-state index contributed by atoms with van der Waals surface area (Å²) in [5, 5.41) is 5.51. The molecule has 0 radical (unpaired) electrons. The van der Waals surface area contributed by atoms with Crippen LogP contribution in [-0.2, 0) is 4.74 Å². The van der Waals surface area contributed by atoms with Crippen molar-refractivity contribution in [3.05, 3.63) is 42.5 Å². The number of hydrogen-bond acceptors (Lipinski definition) is 8. The van der Waals surface area contributed by atoms with Crippen LogP contribution >= 0.6 is 0 Å². The second kappa shape index (κ2) is 9.98. The molecule has 4 aromatic heterocycles. The highest BCUT2D eigenvalue weighted by Gasteiger charge is 2.27. The van der Waals surface area contributed by atoms with E-state index >= 15 is 0 Å². The van der Waals surface area contributed by atoms with Crippen molar-refractivity contribution in [2.45, 2.75) is 65.0 Å². The van der Waals surface area contributed by atoms with Crippen LogP contribution in [-0.4, -0.2) is 67.3 Å². The normalized spacial score (nSPS) is 16.8. The van der Waals surface area contributed by atoms with E-state index in [4.69, 9.17) is 9.72 Å². The van der Waals surface area contributed by atoms with Gasteiger partial charge in [0.15, 0.2) is 0 Å². The van der Waals surface area contributed by atoms with Crippen LogP contribution in [0.15, 0.2) is 36.8 Å². The summed E-state index contributed by atoms with van der Waals surface area (Å²) in [6.45, 7) is 10.4. The molecule has 1 N–H and O–H groups in total. The molecule has 5 heterocycles. The number of ether oxygens (including phenoxy) is 1. The number of rotatable bonds is 4. The number of nitrogens with zero attached hydrogens (tertiary/aromatic N) is 7. The average molecular weight is 529 g/mol. The van der Waals surface area contributed by atoms with Gasteiger partial charge in [-0.1, -0.05) is 12.8 Å². The first-order valence-corrected chi connectivity index (χ1v) is 13.8. The van der Waals surface area contributed by atoms with Gasteiger partial charge in [0, 0.05) is 55.4 Å². The van der Waals surface area contributed by atoms with Crippen LogP contribution in [0.3, 0.4) is 0 Å². The first-order valence-electron chi connectivity index (χ1n) is 13.8. The van der Waals surface area contributed by atoms with Gasteiger partial charge in [0.2, 0.25) is 5.95 Å². The fourth-order valence-corrected chi connectivity index (χ4v) is 5.75. The van der Waals surface area contributed by atoms with Gasteiger partial charge in [-0.2, -0.15) is 4.98 Å². The largest absolute Gasteiger partial charge is 0.444 e. The molecule has 10 nitrogen and oxygen atoms in total. The fourth-order valence-electron chi connectivity index (χ4n) is 5.75. The Labute approximate surface area is 228 Å². The minimum atomic E-state index is -0.488. The molecular formula is C29H36N8O2. The summed E-state index contributed by atoms with van der Waals surface area (Å²) < 4.78 is 7.90. The predicted octanol–water partition coefficient (Wildman–Crippen LogP) is 5.60. The number of fused-ring (bicyclic) bond motifs is 3. The summed E-state index contributed by atoms with van der Waals surface area (Å²) in [5.41, 5.74) is 3.67.